The third kappa shape index (κ3) is 2.56. The molecule has 4 nitrogen and oxygen atoms in total. The first-order valence-electron chi connectivity index (χ1n) is 7.51. The minimum atomic E-state index is -0.927. The highest BCUT2D eigenvalue weighted by atomic mass is 16.3. The average molecular weight is 272 g/mol. The van der Waals surface area contributed by atoms with E-state index < -0.39 is 16.6 Å². The van der Waals surface area contributed by atoms with Crippen molar-refractivity contribution >= 4 is 0 Å². The van der Waals surface area contributed by atoms with E-state index >= 15 is 0 Å². The molecular formula is C15H28O4. The van der Waals surface area contributed by atoms with Crippen molar-refractivity contribution in [2.45, 2.75) is 88.6 Å². The van der Waals surface area contributed by atoms with E-state index in [2.05, 4.69) is 0 Å². The summed E-state index contributed by atoms with van der Waals surface area (Å²) in [6, 6.07) is 0. The fourth-order valence-electron chi connectivity index (χ4n) is 3.84. The molecule has 4 heteroatoms. The zero-order chi connectivity index (χ0) is 14.3. The first-order chi connectivity index (χ1) is 8.70. The number of aliphatic hydroxyl groups excluding tert-OH is 2. The second kappa shape index (κ2) is 4.99. The molecule has 2 aliphatic rings. The van der Waals surface area contributed by atoms with Crippen LogP contribution < -0.4 is 0 Å². The summed E-state index contributed by atoms with van der Waals surface area (Å²) in [6.45, 7) is 3.87. The van der Waals surface area contributed by atoms with Gasteiger partial charge in [0.25, 0.3) is 0 Å². The molecule has 0 atom stereocenters. The molecule has 0 radical (unpaired) electrons. The van der Waals surface area contributed by atoms with Crippen molar-refractivity contribution in [3.8, 4) is 0 Å². The molecule has 0 bridgehead atoms. The van der Waals surface area contributed by atoms with Gasteiger partial charge in [-0.05, 0) is 51.4 Å². The van der Waals surface area contributed by atoms with Crippen LogP contribution in [0.3, 0.4) is 0 Å². The second-order valence-corrected chi connectivity index (χ2v) is 7.15. The molecule has 19 heavy (non-hydrogen) atoms. The molecule has 0 amide bonds. The molecule has 0 spiro atoms. The van der Waals surface area contributed by atoms with E-state index in [1.165, 1.54) is 0 Å². The van der Waals surface area contributed by atoms with Gasteiger partial charge in [0.05, 0.1) is 23.4 Å². The molecule has 0 unspecified atom stereocenters. The number of hydrogen-bond acceptors (Lipinski definition) is 4. The highest BCUT2D eigenvalue weighted by Gasteiger charge is 2.57. The first-order valence-corrected chi connectivity index (χ1v) is 7.51. The van der Waals surface area contributed by atoms with Crippen LogP contribution >= 0.6 is 0 Å². The Morgan fingerprint density at radius 3 is 1.26 bits per heavy atom. The zero-order valence-electron chi connectivity index (χ0n) is 12.1. The Bertz CT molecular complexity index is 280. The van der Waals surface area contributed by atoms with Gasteiger partial charge >= 0.3 is 0 Å². The van der Waals surface area contributed by atoms with Gasteiger partial charge in [-0.1, -0.05) is 13.8 Å². The maximum absolute atomic E-state index is 11.0. The van der Waals surface area contributed by atoms with Crippen LogP contribution in [0.1, 0.15) is 65.2 Å². The van der Waals surface area contributed by atoms with Crippen molar-refractivity contribution in [1.29, 1.82) is 0 Å². The van der Waals surface area contributed by atoms with Gasteiger partial charge in [-0.2, -0.15) is 0 Å². The lowest BCUT2D eigenvalue weighted by Gasteiger charge is -2.56. The molecule has 2 rings (SSSR count). The highest BCUT2D eigenvalue weighted by molar-refractivity contribution is 5.08. The van der Waals surface area contributed by atoms with Crippen LogP contribution in [0.5, 0.6) is 0 Å². The van der Waals surface area contributed by atoms with Crippen LogP contribution in [0.4, 0.5) is 0 Å². The van der Waals surface area contributed by atoms with Gasteiger partial charge in [-0.25, -0.2) is 0 Å². The van der Waals surface area contributed by atoms with Crippen LogP contribution in [0, 0.1) is 5.41 Å². The second-order valence-electron chi connectivity index (χ2n) is 7.15. The van der Waals surface area contributed by atoms with Gasteiger partial charge in [-0.15, -0.1) is 0 Å². The Morgan fingerprint density at radius 1 is 0.737 bits per heavy atom. The number of hydrogen-bond donors (Lipinski definition) is 4. The molecule has 0 heterocycles. The molecule has 0 aromatic rings. The van der Waals surface area contributed by atoms with Gasteiger partial charge in [0, 0.05) is 5.41 Å². The molecular weight excluding hydrogens is 244 g/mol. The van der Waals surface area contributed by atoms with Crippen LogP contribution in [-0.2, 0) is 0 Å². The standard InChI is InChI=1S/C15H28O4/c1-13(2,14(18)7-3-11(16)4-8-14)15(19)9-5-12(17)6-10-15/h11-12,16-19H,3-10H2,1-2H3. The summed E-state index contributed by atoms with van der Waals surface area (Å²) in [4.78, 5) is 0. The summed E-state index contributed by atoms with van der Waals surface area (Å²) in [7, 11) is 0. The van der Waals surface area contributed by atoms with Crippen LogP contribution in [0.2, 0.25) is 0 Å². The van der Waals surface area contributed by atoms with Gasteiger partial charge in [-0.3, -0.25) is 0 Å². The molecule has 0 aromatic heterocycles. The topological polar surface area (TPSA) is 80.9 Å². The van der Waals surface area contributed by atoms with Gasteiger partial charge in [0.1, 0.15) is 0 Å². The van der Waals surface area contributed by atoms with Crippen LogP contribution in [0.15, 0.2) is 0 Å². The van der Waals surface area contributed by atoms with E-state index in [0.29, 0.717) is 51.4 Å². The van der Waals surface area contributed by atoms with Crippen molar-refractivity contribution in [1.82, 2.24) is 0 Å². The van der Waals surface area contributed by atoms with E-state index in [1.807, 2.05) is 13.8 Å². The maximum Gasteiger partial charge on any atom is 0.0727 e. The summed E-state index contributed by atoms with van der Waals surface area (Å²) in [6.07, 6.45) is 3.88. The lowest BCUT2D eigenvalue weighted by Crippen LogP contribution is -2.61. The monoisotopic (exact) mass is 272 g/mol. The minimum Gasteiger partial charge on any atom is -0.393 e. The quantitative estimate of drug-likeness (QED) is 0.611. The molecule has 0 aromatic carbocycles. The fraction of sp³-hybridized carbons (Fsp3) is 1.00. The van der Waals surface area contributed by atoms with Crippen LogP contribution in [0.25, 0.3) is 0 Å². The number of rotatable bonds is 2. The molecule has 112 valence electrons. The van der Waals surface area contributed by atoms with E-state index in [-0.39, 0.29) is 12.2 Å². The molecule has 4 N–H and O–H groups in total. The Labute approximate surface area is 115 Å². The summed E-state index contributed by atoms with van der Waals surface area (Å²) in [5, 5.41) is 41.2. The smallest absolute Gasteiger partial charge is 0.0727 e. The Balaban J connectivity index is 2.16. The largest absolute Gasteiger partial charge is 0.393 e. The molecule has 2 aliphatic carbocycles. The summed E-state index contributed by atoms with van der Waals surface area (Å²) < 4.78 is 0. The third-order valence-corrected chi connectivity index (χ3v) is 5.89. The van der Waals surface area contributed by atoms with Crippen molar-refractivity contribution < 1.29 is 20.4 Å². The SMILES string of the molecule is CC(C)(C1(O)CCC(O)CC1)C1(O)CCC(O)CC1. The minimum absolute atomic E-state index is 0.320. The van der Waals surface area contributed by atoms with Crippen molar-refractivity contribution in [3.05, 3.63) is 0 Å². The third-order valence-electron chi connectivity index (χ3n) is 5.89. The summed E-state index contributed by atoms with van der Waals surface area (Å²) >= 11 is 0. The normalized spacial score (nSPS) is 45.2. The van der Waals surface area contributed by atoms with Gasteiger partial charge in [0.2, 0.25) is 0 Å². The molecule has 0 saturated heterocycles. The van der Waals surface area contributed by atoms with Crippen molar-refractivity contribution in [2.24, 2.45) is 5.41 Å². The van der Waals surface area contributed by atoms with Crippen LogP contribution in [-0.4, -0.2) is 43.8 Å². The number of aliphatic hydroxyl groups is 4. The van der Waals surface area contributed by atoms with Gasteiger partial charge < -0.3 is 20.4 Å². The average Bonchev–Trinajstić information content (AvgIpc) is 2.36. The highest BCUT2D eigenvalue weighted by Crippen LogP contribution is 2.53. The predicted molar refractivity (Wildman–Crippen MR) is 72.6 cm³/mol. The van der Waals surface area contributed by atoms with Gasteiger partial charge in [0.15, 0.2) is 0 Å². The lowest BCUT2D eigenvalue weighted by molar-refractivity contribution is -0.214. The summed E-state index contributed by atoms with van der Waals surface area (Å²) in [5.74, 6) is 0. The van der Waals surface area contributed by atoms with E-state index in [0.717, 1.165) is 0 Å². The Hall–Kier alpha value is -0.160. The lowest BCUT2D eigenvalue weighted by atomic mass is 9.55. The maximum atomic E-state index is 11.0. The van der Waals surface area contributed by atoms with Crippen molar-refractivity contribution in [3.63, 3.8) is 0 Å². The molecule has 0 aliphatic heterocycles. The molecule has 2 saturated carbocycles. The van der Waals surface area contributed by atoms with E-state index in [4.69, 9.17) is 0 Å². The summed E-state index contributed by atoms with van der Waals surface area (Å²) in [5.41, 5.74) is -2.48. The first kappa shape index (κ1) is 15.2. The fourth-order valence-corrected chi connectivity index (χ4v) is 3.84. The van der Waals surface area contributed by atoms with E-state index in [9.17, 15) is 20.4 Å². The molecule has 2 fully saturated rings. The Kier molecular flexibility index (Phi) is 4.00. The van der Waals surface area contributed by atoms with Crippen molar-refractivity contribution in [2.75, 3.05) is 0 Å². The zero-order valence-corrected chi connectivity index (χ0v) is 12.1. The predicted octanol–water partition coefficient (Wildman–Crippen LogP) is 1.34. The Morgan fingerprint density at radius 2 is 1.00 bits per heavy atom. The van der Waals surface area contributed by atoms with E-state index in [1.54, 1.807) is 0 Å².